The van der Waals surface area contributed by atoms with Gasteiger partial charge in [0.05, 0.1) is 12.6 Å². The van der Waals surface area contributed by atoms with Gasteiger partial charge < -0.3 is 9.84 Å². The van der Waals surface area contributed by atoms with E-state index in [1.54, 1.807) is 0 Å². The molecule has 1 aromatic carbocycles. The van der Waals surface area contributed by atoms with Crippen LogP contribution in [0, 0.1) is 0 Å². The highest BCUT2D eigenvalue weighted by Gasteiger charge is 2.29. The molecule has 1 N–H and O–H groups in total. The lowest BCUT2D eigenvalue weighted by atomic mass is 10.1. The number of carbonyl (C=O) groups excluding carboxylic acids is 1. The fourth-order valence-corrected chi connectivity index (χ4v) is 3.21. The van der Waals surface area contributed by atoms with Crippen molar-refractivity contribution in [2.24, 2.45) is 0 Å². The third-order valence-corrected chi connectivity index (χ3v) is 4.85. The molecule has 1 fully saturated rings. The molecule has 1 amide bonds. The number of nitrogens with zero attached hydrogens (tertiary/aromatic N) is 4. The Morgan fingerprint density at radius 2 is 1.90 bits per heavy atom. The number of piperazine rings is 1. The van der Waals surface area contributed by atoms with Gasteiger partial charge in [-0.1, -0.05) is 35.5 Å². The lowest BCUT2D eigenvalue weighted by Crippen LogP contribution is -2.50. The zero-order valence-corrected chi connectivity index (χ0v) is 16.2. The average molecular weight is 411 g/mol. The van der Waals surface area contributed by atoms with E-state index in [1.165, 1.54) is 0 Å². The van der Waals surface area contributed by atoms with E-state index in [-0.39, 0.29) is 12.6 Å². The molecule has 7 nitrogen and oxygen atoms in total. The first-order chi connectivity index (χ1) is 13.8. The topological polar surface area (TPSA) is 74.5 Å². The Balaban J connectivity index is 1.45. The summed E-state index contributed by atoms with van der Waals surface area (Å²) in [4.78, 5) is 20.1. The van der Waals surface area contributed by atoms with E-state index in [1.807, 2.05) is 47.5 Å². The van der Waals surface area contributed by atoms with E-state index in [4.69, 9.17) is 4.52 Å². The van der Waals surface area contributed by atoms with Crippen molar-refractivity contribution < 1.29 is 22.5 Å². The third-order valence-electron chi connectivity index (χ3n) is 4.85. The summed E-state index contributed by atoms with van der Waals surface area (Å²) in [5, 5.41) is 5.95. The number of benzene rings is 1. The highest BCUT2D eigenvalue weighted by Crippen LogP contribution is 2.21. The maximum atomic E-state index is 12.2. The summed E-state index contributed by atoms with van der Waals surface area (Å²) in [6, 6.07) is 9.80. The molecule has 2 aromatic rings. The molecule has 0 spiro atoms. The Morgan fingerprint density at radius 1 is 1.21 bits per heavy atom. The number of hydrogen-bond acceptors (Lipinski definition) is 6. The van der Waals surface area contributed by atoms with Gasteiger partial charge in [0.1, 0.15) is 6.54 Å². The summed E-state index contributed by atoms with van der Waals surface area (Å²) in [5.74, 6) is 0.539. The summed E-state index contributed by atoms with van der Waals surface area (Å²) in [5.41, 5.74) is 1.10. The molecule has 1 saturated heterocycles. The molecule has 0 unspecified atom stereocenters. The van der Waals surface area contributed by atoms with Crippen LogP contribution in [-0.2, 0) is 11.2 Å². The van der Waals surface area contributed by atoms with Crippen molar-refractivity contribution in [3.63, 3.8) is 0 Å². The van der Waals surface area contributed by atoms with Crippen LogP contribution in [0.3, 0.4) is 0 Å². The van der Waals surface area contributed by atoms with Crippen LogP contribution in [-0.4, -0.2) is 71.3 Å². The number of rotatable bonds is 7. The fraction of sp³-hybridized carbons (Fsp3) is 0.526. The van der Waals surface area contributed by atoms with Gasteiger partial charge in [0.25, 0.3) is 0 Å². The third kappa shape index (κ3) is 6.53. The SMILES string of the molecule is C[C@H](c1nc(Cc2ccccc2)no1)N1CCN(CC(=O)NCC(F)(F)F)CC1. The van der Waals surface area contributed by atoms with Gasteiger partial charge in [-0.05, 0) is 12.5 Å². The Labute approximate surface area is 166 Å². The van der Waals surface area contributed by atoms with Crippen molar-refractivity contribution in [3.8, 4) is 0 Å². The van der Waals surface area contributed by atoms with Gasteiger partial charge in [-0.2, -0.15) is 18.2 Å². The molecule has 158 valence electrons. The molecule has 10 heteroatoms. The molecule has 1 aromatic heterocycles. The van der Waals surface area contributed by atoms with Gasteiger partial charge >= 0.3 is 6.18 Å². The Morgan fingerprint density at radius 3 is 2.55 bits per heavy atom. The number of carbonyl (C=O) groups is 1. The summed E-state index contributed by atoms with van der Waals surface area (Å²) in [6.45, 7) is 3.11. The van der Waals surface area contributed by atoms with Crippen molar-refractivity contribution in [2.75, 3.05) is 39.3 Å². The first-order valence-electron chi connectivity index (χ1n) is 9.46. The van der Waals surface area contributed by atoms with Crippen LogP contribution >= 0.6 is 0 Å². The van der Waals surface area contributed by atoms with Crippen LogP contribution in [0.15, 0.2) is 34.9 Å². The smallest absolute Gasteiger partial charge is 0.346 e. The Kier molecular flexibility index (Phi) is 6.86. The second kappa shape index (κ2) is 9.36. The molecular weight excluding hydrogens is 387 g/mol. The van der Waals surface area contributed by atoms with Crippen molar-refractivity contribution in [1.82, 2.24) is 25.3 Å². The van der Waals surface area contributed by atoms with Gasteiger partial charge in [0, 0.05) is 32.6 Å². The maximum absolute atomic E-state index is 12.2. The Bertz CT molecular complexity index is 789. The number of halogens is 3. The summed E-state index contributed by atoms with van der Waals surface area (Å²) < 4.78 is 41.9. The van der Waals surface area contributed by atoms with Crippen molar-refractivity contribution in [3.05, 3.63) is 47.6 Å². The molecule has 29 heavy (non-hydrogen) atoms. The molecule has 0 saturated carbocycles. The summed E-state index contributed by atoms with van der Waals surface area (Å²) in [6.07, 6.45) is -3.80. The molecule has 3 rings (SSSR count). The van der Waals surface area contributed by atoms with Gasteiger partial charge in [-0.25, -0.2) is 0 Å². The minimum atomic E-state index is -4.40. The molecule has 1 aliphatic heterocycles. The van der Waals surface area contributed by atoms with Crippen LogP contribution in [0.5, 0.6) is 0 Å². The van der Waals surface area contributed by atoms with Crippen LogP contribution in [0.4, 0.5) is 13.2 Å². The predicted octanol–water partition coefficient (Wildman–Crippen LogP) is 2.02. The lowest BCUT2D eigenvalue weighted by Gasteiger charge is -2.36. The minimum absolute atomic E-state index is 0.0416. The fourth-order valence-electron chi connectivity index (χ4n) is 3.21. The van der Waals surface area contributed by atoms with Gasteiger partial charge in [-0.15, -0.1) is 0 Å². The van der Waals surface area contributed by atoms with Gasteiger partial charge in [-0.3, -0.25) is 14.6 Å². The monoisotopic (exact) mass is 411 g/mol. The van der Waals surface area contributed by atoms with Crippen LogP contribution in [0.1, 0.15) is 30.2 Å². The van der Waals surface area contributed by atoms with E-state index in [0.717, 1.165) is 5.56 Å². The van der Waals surface area contributed by atoms with E-state index >= 15 is 0 Å². The van der Waals surface area contributed by atoms with Crippen LogP contribution in [0.2, 0.25) is 0 Å². The zero-order valence-electron chi connectivity index (χ0n) is 16.2. The summed E-state index contributed by atoms with van der Waals surface area (Å²) in [7, 11) is 0. The normalized spacial score (nSPS) is 17.2. The second-order valence-electron chi connectivity index (χ2n) is 7.09. The molecule has 0 bridgehead atoms. The average Bonchev–Trinajstić information content (AvgIpc) is 3.15. The van der Waals surface area contributed by atoms with Crippen LogP contribution in [0.25, 0.3) is 0 Å². The largest absolute Gasteiger partial charge is 0.405 e. The number of alkyl halides is 3. The predicted molar refractivity (Wildman–Crippen MR) is 99.0 cm³/mol. The van der Waals surface area contributed by atoms with E-state index in [2.05, 4.69) is 15.0 Å². The highest BCUT2D eigenvalue weighted by molar-refractivity contribution is 5.78. The van der Waals surface area contributed by atoms with Crippen molar-refractivity contribution >= 4 is 5.91 Å². The minimum Gasteiger partial charge on any atom is -0.346 e. The zero-order chi connectivity index (χ0) is 20.9. The van der Waals surface area contributed by atoms with Crippen molar-refractivity contribution in [2.45, 2.75) is 25.6 Å². The number of nitrogens with one attached hydrogen (secondary N) is 1. The van der Waals surface area contributed by atoms with Gasteiger partial charge in [0.15, 0.2) is 5.82 Å². The second-order valence-corrected chi connectivity index (χ2v) is 7.09. The van der Waals surface area contributed by atoms with E-state index in [9.17, 15) is 18.0 Å². The number of hydrogen-bond donors (Lipinski definition) is 1. The molecular formula is C19H24F3N5O2. The molecule has 1 aliphatic rings. The maximum Gasteiger partial charge on any atom is 0.405 e. The number of aromatic nitrogens is 2. The molecule has 0 radical (unpaired) electrons. The number of amides is 1. The lowest BCUT2D eigenvalue weighted by molar-refractivity contribution is -0.139. The van der Waals surface area contributed by atoms with Crippen molar-refractivity contribution in [1.29, 1.82) is 0 Å². The van der Waals surface area contributed by atoms with Crippen LogP contribution < -0.4 is 5.32 Å². The van der Waals surface area contributed by atoms with Gasteiger partial charge in [0.2, 0.25) is 11.8 Å². The molecule has 2 heterocycles. The standard InChI is InChI=1S/C19H24F3N5O2/c1-14(18-24-16(25-29-18)11-15-5-3-2-4-6-15)27-9-7-26(8-10-27)12-17(28)23-13-19(20,21)22/h2-6,14H,7-13H2,1H3,(H,23,28)/t14-/m1/s1. The first kappa shape index (κ1) is 21.3. The van der Waals surface area contributed by atoms with E-state index < -0.39 is 18.6 Å². The first-order valence-corrected chi connectivity index (χ1v) is 9.46. The molecule has 1 atom stereocenters. The highest BCUT2D eigenvalue weighted by atomic mass is 19.4. The Hall–Kier alpha value is -2.46. The molecule has 0 aliphatic carbocycles. The van der Waals surface area contributed by atoms with E-state index in [0.29, 0.717) is 44.3 Å². The summed E-state index contributed by atoms with van der Waals surface area (Å²) >= 11 is 0. The quantitative estimate of drug-likeness (QED) is 0.752.